The Balaban J connectivity index is 2.23. The maximum absolute atomic E-state index is 6.46. The molecule has 0 atom stereocenters. The molecule has 0 aliphatic heterocycles. The van der Waals surface area contributed by atoms with Crippen molar-refractivity contribution in [2.75, 3.05) is 6.54 Å². The standard InChI is InChI=1S/C18H16Br2Cl2N2/c19-10-4-5-16(22)14(7-10)17-12(3-1-2-6-23)13-8-11(21)9-15(20)18(13)24-17/h4-5,7-9,24H,1-3,6,23H2. The molecular weight excluding hydrogens is 475 g/mol. The zero-order chi connectivity index (χ0) is 17.3. The zero-order valence-electron chi connectivity index (χ0n) is 12.8. The number of aromatic amines is 1. The summed E-state index contributed by atoms with van der Waals surface area (Å²) in [5.74, 6) is 0. The lowest BCUT2D eigenvalue weighted by molar-refractivity contribution is 0.748. The molecular formula is C18H16Br2Cl2N2. The molecule has 2 nitrogen and oxygen atoms in total. The SMILES string of the molecule is NCCCCc1c(-c2cc(Br)ccc2Cl)[nH]c2c(Br)cc(Cl)cc12. The van der Waals surface area contributed by atoms with Gasteiger partial charge in [-0.1, -0.05) is 39.1 Å². The number of nitrogens with two attached hydrogens (primary N) is 1. The molecule has 1 heterocycles. The van der Waals surface area contributed by atoms with Crippen LogP contribution in [0.3, 0.4) is 0 Å². The average Bonchev–Trinajstić information content (AvgIpc) is 2.89. The van der Waals surface area contributed by atoms with Gasteiger partial charge in [0.1, 0.15) is 0 Å². The molecule has 0 radical (unpaired) electrons. The van der Waals surface area contributed by atoms with Gasteiger partial charge in [-0.15, -0.1) is 0 Å². The lowest BCUT2D eigenvalue weighted by atomic mass is 10.0. The van der Waals surface area contributed by atoms with Gasteiger partial charge in [0.2, 0.25) is 0 Å². The van der Waals surface area contributed by atoms with Gasteiger partial charge in [0.05, 0.1) is 11.2 Å². The third-order valence-electron chi connectivity index (χ3n) is 4.01. The van der Waals surface area contributed by atoms with E-state index in [2.05, 4.69) is 36.8 Å². The fraction of sp³-hybridized carbons (Fsp3) is 0.222. The molecule has 0 bridgehead atoms. The minimum atomic E-state index is 0.694. The van der Waals surface area contributed by atoms with Crippen molar-refractivity contribution in [2.24, 2.45) is 5.73 Å². The summed E-state index contributed by atoms with van der Waals surface area (Å²) in [4.78, 5) is 3.53. The molecule has 1 aromatic heterocycles. The van der Waals surface area contributed by atoms with Gasteiger partial charge >= 0.3 is 0 Å². The number of unbranched alkanes of at least 4 members (excludes halogenated alkanes) is 1. The highest BCUT2D eigenvalue weighted by atomic mass is 79.9. The first-order valence-corrected chi connectivity index (χ1v) is 10.0. The van der Waals surface area contributed by atoms with Crippen LogP contribution in [0.25, 0.3) is 22.2 Å². The van der Waals surface area contributed by atoms with Crippen LogP contribution in [0.1, 0.15) is 18.4 Å². The predicted octanol–water partition coefficient (Wildman–Crippen LogP) is 6.95. The van der Waals surface area contributed by atoms with E-state index in [4.69, 9.17) is 28.9 Å². The highest BCUT2D eigenvalue weighted by Crippen LogP contribution is 2.39. The summed E-state index contributed by atoms with van der Waals surface area (Å²) in [5, 5.41) is 2.55. The zero-order valence-corrected chi connectivity index (χ0v) is 17.5. The summed E-state index contributed by atoms with van der Waals surface area (Å²) in [6, 6.07) is 9.78. The normalized spacial score (nSPS) is 11.4. The van der Waals surface area contributed by atoms with Gasteiger partial charge in [-0.3, -0.25) is 0 Å². The first-order valence-electron chi connectivity index (χ1n) is 7.66. The minimum Gasteiger partial charge on any atom is -0.353 e. The number of benzene rings is 2. The predicted molar refractivity (Wildman–Crippen MR) is 111 cm³/mol. The number of aryl methyl sites for hydroxylation is 1. The molecule has 0 aliphatic rings. The quantitative estimate of drug-likeness (QED) is 0.373. The van der Waals surface area contributed by atoms with Crippen molar-refractivity contribution in [3.63, 3.8) is 0 Å². The van der Waals surface area contributed by atoms with Gasteiger partial charge in [-0.2, -0.15) is 0 Å². The monoisotopic (exact) mass is 488 g/mol. The molecule has 0 aliphatic carbocycles. The van der Waals surface area contributed by atoms with E-state index in [1.165, 1.54) is 5.56 Å². The van der Waals surface area contributed by atoms with Gasteiger partial charge < -0.3 is 10.7 Å². The molecule has 3 N–H and O–H groups in total. The first kappa shape index (κ1) is 18.3. The number of rotatable bonds is 5. The molecule has 24 heavy (non-hydrogen) atoms. The van der Waals surface area contributed by atoms with Crippen molar-refractivity contribution < 1.29 is 0 Å². The number of fused-ring (bicyclic) bond motifs is 1. The molecule has 0 unspecified atom stereocenters. The molecule has 0 spiro atoms. The van der Waals surface area contributed by atoms with Gasteiger partial charge in [0, 0.05) is 29.9 Å². The minimum absolute atomic E-state index is 0.694. The van der Waals surface area contributed by atoms with Crippen LogP contribution in [0.5, 0.6) is 0 Å². The lowest BCUT2D eigenvalue weighted by Crippen LogP contribution is -1.99. The van der Waals surface area contributed by atoms with Crippen molar-refractivity contribution in [1.29, 1.82) is 0 Å². The van der Waals surface area contributed by atoms with E-state index in [1.54, 1.807) is 0 Å². The molecule has 0 amide bonds. The smallest absolute Gasteiger partial charge is 0.0607 e. The molecule has 0 saturated heterocycles. The van der Waals surface area contributed by atoms with Crippen molar-refractivity contribution in [1.82, 2.24) is 4.98 Å². The van der Waals surface area contributed by atoms with Crippen molar-refractivity contribution >= 4 is 66.0 Å². The summed E-state index contributed by atoms with van der Waals surface area (Å²) >= 11 is 19.9. The van der Waals surface area contributed by atoms with Crippen LogP contribution in [0.4, 0.5) is 0 Å². The molecule has 2 aromatic carbocycles. The van der Waals surface area contributed by atoms with Crippen LogP contribution < -0.4 is 5.73 Å². The van der Waals surface area contributed by atoms with Crippen LogP contribution in [-0.2, 0) is 6.42 Å². The number of hydrogen-bond donors (Lipinski definition) is 2. The van der Waals surface area contributed by atoms with Crippen molar-refractivity contribution in [3.8, 4) is 11.3 Å². The van der Waals surface area contributed by atoms with Gasteiger partial charge in [-0.25, -0.2) is 0 Å². The third kappa shape index (κ3) is 3.68. The van der Waals surface area contributed by atoms with Gasteiger partial charge in [0.15, 0.2) is 0 Å². The number of nitrogens with one attached hydrogen (secondary N) is 1. The van der Waals surface area contributed by atoms with E-state index in [-0.39, 0.29) is 0 Å². The maximum atomic E-state index is 6.46. The highest BCUT2D eigenvalue weighted by molar-refractivity contribution is 9.11. The van der Waals surface area contributed by atoms with E-state index >= 15 is 0 Å². The Morgan fingerprint density at radius 3 is 2.58 bits per heavy atom. The Hall–Kier alpha value is -0.520. The third-order valence-corrected chi connectivity index (χ3v) is 5.68. The van der Waals surface area contributed by atoms with E-state index in [0.717, 1.165) is 50.4 Å². The molecule has 6 heteroatoms. The summed E-state index contributed by atoms with van der Waals surface area (Å²) < 4.78 is 1.94. The van der Waals surface area contributed by atoms with Crippen LogP contribution in [0.15, 0.2) is 39.3 Å². The molecule has 0 fully saturated rings. The Morgan fingerprint density at radius 2 is 1.83 bits per heavy atom. The fourth-order valence-corrected chi connectivity index (χ4v) is 4.38. The van der Waals surface area contributed by atoms with E-state index in [0.29, 0.717) is 16.6 Å². The van der Waals surface area contributed by atoms with Crippen LogP contribution in [0.2, 0.25) is 10.0 Å². The highest BCUT2D eigenvalue weighted by Gasteiger charge is 2.17. The second-order valence-electron chi connectivity index (χ2n) is 5.66. The number of halogens is 4. The first-order chi connectivity index (χ1) is 11.5. The van der Waals surface area contributed by atoms with Gasteiger partial charge in [0.25, 0.3) is 0 Å². The number of aromatic nitrogens is 1. The lowest BCUT2D eigenvalue weighted by Gasteiger charge is -2.08. The largest absolute Gasteiger partial charge is 0.353 e. The summed E-state index contributed by atoms with van der Waals surface area (Å²) in [6.45, 7) is 0.694. The second-order valence-corrected chi connectivity index (χ2v) is 8.27. The molecule has 126 valence electrons. The van der Waals surface area contributed by atoms with Crippen LogP contribution in [-0.4, -0.2) is 11.5 Å². The van der Waals surface area contributed by atoms with Gasteiger partial charge in [-0.05, 0) is 77.6 Å². The summed E-state index contributed by atoms with van der Waals surface area (Å²) in [5.41, 5.74) is 9.94. The van der Waals surface area contributed by atoms with E-state index < -0.39 is 0 Å². The Bertz CT molecular complexity index is 890. The van der Waals surface area contributed by atoms with Crippen molar-refractivity contribution in [3.05, 3.63) is 54.9 Å². The van der Waals surface area contributed by atoms with E-state index in [1.807, 2.05) is 30.3 Å². The summed E-state index contributed by atoms with van der Waals surface area (Å²) in [6.07, 6.45) is 2.93. The topological polar surface area (TPSA) is 41.8 Å². The molecule has 3 rings (SSSR count). The molecule has 0 saturated carbocycles. The second kappa shape index (κ2) is 7.79. The number of hydrogen-bond acceptors (Lipinski definition) is 1. The Kier molecular flexibility index (Phi) is 5.94. The molecule has 3 aromatic rings. The Labute approximate surface area is 168 Å². The maximum Gasteiger partial charge on any atom is 0.0607 e. The average molecular weight is 491 g/mol. The van der Waals surface area contributed by atoms with Crippen LogP contribution >= 0.6 is 55.1 Å². The van der Waals surface area contributed by atoms with Crippen molar-refractivity contribution in [2.45, 2.75) is 19.3 Å². The van der Waals surface area contributed by atoms with Crippen LogP contribution in [0, 0.1) is 0 Å². The number of H-pyrrole nitrogens is 1. The summed E-state index contributed by atoms with van der Waals surface area (Å²) in [7, 11) is 0. The fourth-order valence-electron chi connectivity index (χ4n) is 2.90. The van der Waals surface area contributed by atoms with E-state index in [9.17, 15) is 0 Å². The Morgan fingerprint density at radius 1 is 1.04 bits per heavy atom.